The van der Waals surface area contributed by atoms with Crippen LogP contribution in [0.2, 0.25) is 5.02 Å². The zero-order valence-corrected chi connectivity index (χ0v) is 24.9. The number of nitrogens with zero attached hydrogens (tertiary/aromatic N) is 3. The summed E-state index contributed by atoms with van der Waals surface area (Å²) in [6, 6.07) is 5.73. The van der Waals surface area contributed by atoms with E-state index in [0.29, 0.717) is 23.7 Å². The van der Waals surface area contributed by atoms with Gasteiger partial charge in [0.1, 0.15) is 6.04 Å². The van der Waals surface area contributed by atoms with E-state index in [-0.39, 0.29) is 36.8 Å². The quantitative estimate of drug-likeness (QED) is 0.397. The van der Waals surface area contributed by atoms with Gasteiger partial charge >= 0.3 is 0 Å². The van der Waals surface area contributed by atoms with Gasteiger partial charge in [-0.1, -0.05) is 56.2 Å². The Morgan fingerprint density at radius 2 is 1.90 bits per heavy atom. The van der Waals surface area contributed by atoms with Gasteiger partial charge in [-0.05, 0) is 37.8 Å². The highest BCUT2D eigenvalue weighted by Crippen LogP contribution is 2.72. The highest BCUT2D eigenvalue weighted by Gasteiger charge is 2.78. The number of benzene rings is 1. The summed E-state index contributed by atoms with van der Waals surface area (Å²) in [6.45, 7) is 14.0. The van der Waals surface area contributed by atoms with Gasteiger partial charge in [0.15, 0.2) is 0 Å². The molecule has 0 radical (unpaired) electrons. The van der Waals surface area contributed by atoms with E-state index < -0.39 is 33.4 Å². The first-order chi connectivity index (χ1) is 18.5. The van der Waals surface area contributed by atoms with E-state index in [9.17, 15) is 19.5 Å². The molecular weight excluding hydrogens is 534 g/mol. The molecule has 39 heavy (non-hydrogen) atoms. The second-order valence-electron chi connectivity index (χ2n) is 11.3. The van der Waals surface area contributed by atoms with Crippen LogP contribution in [0.25, 0.3) is 0 Å². The molecule has 1 spiro atoms. The molecule has 3 amide bonds. The fourth-order valence-corrected chi connectivity index (χ4v) is 9.53. The molecule has 0 aromatic heterocycles. The molecular formula is C30H40ClN3O4S. The number of para-hydroxylation sites is 1. The number of amides is 3. The lowest BCUT2D eigenvalue weighted by Gasteiger charge is -2.41. The van der Waals surface area contributed by atoms with Crippen molar-refractivity contribution in [2.45, 2.75) is 61.6 Å². The lowest BCUT2D eigenvalue weighted by molar-refractivity contribution is -0.146. The van der Waals surface area contributed by atoms with Crippen LogP contribution < -0.4 is 4.90 Å². The highest BCUT2D eigenvalue weighted by molar-refractivity contribution is 8.02. The molecule has 0 aliphatic carbocycles. The maximum absolute atomic E-state index is 14.7. The molecule has 7 atom stereocenters. The number of aliphatic hydroxyl groups is 1. The van der Waals surface area contributed by atoms with Gasteiger partial charge in [-0.3, -0.25) is 14.4 Å². The summed E-state index contributed by atoms with van der Waals surface area (Å²) in [4.78, 5) is 48.0. The minimum atomic E-state index is -0.855. The summed E-state index contributed by atoms with van der Waals surface area (Å²) in [6.07, 6.45) is 5.40. The standard InChI is InChI=1S/C30H40ClN3O4S/c1-7-16-32(6)26(36)23-24-27(37)34(22(18-35)19(4)9-3)25(30(24)15-14-29(23,5)39-30)28(38)33(17-8-2)21-13-11-10-12-20(21)31/h7-8,10-13,19,22-25,35H,1-2,9,14-18H2,3-6H3/t19-,22-,23+,24-,25?,29-,30?/m0/s1. The number of halogens is 1. The molecule has 2 bridgehead atoms. The van der Waals surface area contributed by atoms with E-state index in [4.69, 9.17) is 11.6 Å². The van der Waals surface area contributed by atoms with Gasteiger partial charge in [0.05, 0.1) is 39.9 Å². The van der Waals surface area contributed by atoms with Crippen LogP contribution in [-0.4, -0.2) is 80.9 Å². The Morgan fingerprint density at radius 1 is 1.23 bits per heavy atom. The summed E-state index contributed by atoms with van der Waals surface area (Å²) >= 11 is 8.19. The molecule has 3 aliphatic rings. The first kappa shape index (κ1) is 29.7. The molecule has 3 saturated heterocycles. The monoisotopic (exact) mass is 573 g/mol. The minimum Gasteiger partial charge on any atom is -0.394 e. The van der Waals surface area contributed by atoms with Crippen LogP contribution in [0.5, 0.6) is 0 Å². The molecule has 1 aromatic carbocycles. The van der Waals surface area contributed by atoms with Crippen molar-refractivity contribution in [1.82, 2.24) is 9.80 Å². The van der Waals surface area contributed by atoms with Crippen molar-refractivity contribution in [3.63, 3.8) is 0 Å². The number of hydrogen-bond donors (Lipinski definition) is 1. The summed E-state index contributed by atoms with van der Waals surface area (Å²) in [7, 11) is 1.73. The number of hydrogen-bond acceptors (Lipinski definition) is 5. The first-order valence-corrected chi connectivity index (χ1v) is 14.9. The van der Waals surface area contributed by atoms with Crippen molar-refractivity contribution in [1.29, 1.82) is 0 Å². The third-order valence-electron chi connectivity index (χ3n) is 9.06. The van der Waals surface area contributed by atoms with Crippen LogP contribution in [0.15, 0.2) is 49.6 Å². The third kappa shape index (κ3) is 4.62. The van der Waals surface area contributed by atoms with Crippen LogP contribution in [0.3, 0.4) is 0 Å². The van der Waals surface area contributed by atoms with Crippen molar-refractivity contribution >= 4 is 46.8 Å². The highest BCUT2D eigenvalue weighted by atomic mass is 35.5. The second kappa shape index (κ2) is 11.3. The molecule has 3 fully saturated rings. The molecule has 9 heteroatoms. The molecule has 7 nitrogen and oxygen atoms in total. The van der Waals surface area contributed by atoms with Crippen LogP contribution >= 0.6 is 23.4 Å². The van der Waals surface area contributed by atoms with Crippen molar-refractivity contribution in [3.05, 3.63) is 54.6 Å². The zero-order chi connectivity index (χ0) is 28.7. The number of carbonyl (C=O) groups is 3. The van der Waals surface area contributed by atoms with Gasteiger partial charge in [0.25, 0.3) is 5.91 Å². The van der Waals surface area contributed by atoms with Crippen molar-refractivity contribution in [2.75, 3.05) is 31.6 Å². The van der Waals surface area contributed by atoms with E-state index in [0.717, 1.165) is 12.8 Å². The van der Waals surface area contributed by atoms with Gasteiger partial charge in [0, 0.05) is 24.9 Å². The average Bonchev–Trinajstić information content (AvgIpc) is 3.48. The van der Waals surface area contributed by atoms with Gasteiger partial charge in [-0.15, -0.1) is 24.9 Å². The van der Waals surface area contributed by atoms with Gasteiger partial charge in [-0.2, -0.15) is 0 Å². The van der Waals surface area contributed by atoms with Crippen LogP contribution in [0.1, 0.15) is 40.0 Å². The molecule has 4 rings (SSSR count). The number of fused-ring (bicyclic) bond motifs is 1. The summed E-state index contributed by atoms with van der Waals surface area (Å²) in [5.74, 6) is -1.86. The SMILES string of the molecule is C=CCN(C)C(=O)[C@H]1[C@H]2C(=O)N([C@@H](CO)[C@@H](C)CC)C(C(=O)N(CC=C)c3ccccc3Cl)C23CC[C@]1(C)S3. The fraction of sp³-hybridized carbons (Fsp3) is 0.567. The summed E-state index contributed by atoms with van der Waals surface area (Å²) in [5, 5.41) is 11.0. The van der Waals surface area contributed by atoms with E-state index in [1.165, 1.54) is 0 Å². The molecule has 0 saturated carbocycles. The number of anilines is 1. The molecule has 1 aromatic rings. The van der Waals surface area contributed by atoms with Gasteiger partial charge in [0.2, 0.25) is 11.8 Å². The second-order valence-corrected chi connectivity index (χ2v) is 13.6. The average molecular weight is 574 g/mol. The maximum Gasteiger partial charge on any atom is 0.251 e. The number of thioether (sulfide) groups is 1. The smallest absolute Gasteiger partial charge is 0.251 e. The van der Waals surface area contributed by atoms with E-state index >= 15 is 0 Å². The number of carbonyl (C=O) groups excluding carboxylic acids is 3. The van der Waals surface area contributed by atoms with Crippen LogP contribution in [-0.2, 0) is 14.4 Å². The van der Waals surface area contributed by atoms with E-state index in [1.54, 1.807) is 63.9 Å². The fourth-order valence-electron chi connectivity index (χ4n) is 6.97. The van der Waals surface area contributed by atoms with Gasteiger partial charge < -0.3 is 19.8 Å². The summed E-state index contributed by atoms with van der Waals surface area (Å²) in [5.41, 5.74) is 0.544. The Morgan fingerprint density at radius 3 is 2.49 bits per heavy atom. The molecule has 3 heterocycles. The lowest BCUT2D eigenvalue weighted by atomic mass is 9.66. The predicted octanol–water partition coefficient (Wildman–Crippen LogP) is 4.39. The lowest BCUT2D eigenvalue weighted by Crippen LogP contribution is -2.58. The largest absolute Gasteiger partial charge is 0.394 e. The Bertz CT molecular complexity index is 1160. The van der Waals surface area contributed by atoms with Crippen LogP contribution in [0, 0.1) is 17.8 Å². The first-order valence-electron chi connectivity index (χ1n) is 13.7. The molecule has 3 aliphatic heterocycles. The Hall–Kier alpha value is -2.29. The Labute approximate surface area is 241 Å². The Kier molecular flexibility index (Phi) is 8.60. The van der Waals surface area contributed by atoms with Crippen molar-refractivity contribution < 1.29 is 19.5 Å². The van der Waals surface area contributed by atoms with Gasteiger partial charge in [-0.25, -0.2) is 0 Å². The topological polar surface area (TPSA) is 81.2 Å². The molecule has 1 N–H and O–H groups in total. The molecule has 2 unspecified atom stereocenters. The van der Waals surface area contributed by atoms with E-state index in [1.807, 2.05) is 19.9 Å². The van der Waals surface area contributed by atoms with Crippen molar-refractivity contribution in [3.8, 4) is 0 Å². The maximum atomic E-state index is 14.7. The summed E-state index contributed by atoms with van der Waals surface area (Å²) < 4.78 is -1.27. The Balaban J connectivity index is 1.89. The molecule has 212 valence electrons. The number of aliphatic hydroxyl groups excluding tert-OH is 1. The number of likely N-dealkylation sites (tertiary alicyclic amines) is 1. The number of rotatable bonds is 11. The third-order valence-corrected chi connectivity index (χ3v) is 11.4. The predicted molar refractivity (Wildman–Crippen MR) is 158 cm³/mol. The number of likely N-dealkylation sites (N-methyl/N-ethyl adjacent to an activating group) is 1. The normalized spacial score (nSPS) is 30.6. The van der Waals surface area contributed by atoms with E-state index in [2.05, 4.69) is 20.1 Å². The zero-order valence-electron chi connectivity index (χ0n) is 23.3. The van der Waals surface area contributed by atoms with Crippen LogP contribution in [0.4, 0.5) is 5.69 Å². The minimum absolute atomic E-state index is 0.0481. The van der Waals surface area contributed by atoms with Crippen molar-refractivity contribution in [2.24, 2.45) is 17.8 Å².